The van der Waals surface area contributed by atoms with Crippen LogP contribution in [0.3, 0.4) is 0 Å². The van der Waals surface area contributed by atoms with E-state index in [0.717, 1.165) is 11.7 Å². The van der Waals surface area contributed by atoms with Gasteiger partial charge in [-0.3, -0.25) is 4.90 Å². The molecule has 0 bridgehead atoms. The van der Waals surface area contributed by atoms with E-state index in [4.69, 9.17) is 5.73 Å². The van der Waals surface area contributed by atoms with Crippen molar-refractivity contribution in [3.8, 4) is 0 Å². The van der Waals surface area contributed by atoms with Crippen molar-refractivity contribution in [3.05, 3.63) is 21.8 Å². The van der Waals surface area contributed by atoms with Gasteiger partial charge in [0.05, 0.1) is 5.69 Å². The summed E-state index contributed by atoms with van der Waals surface area (Å²) < 4.78 is 1.27. The minimum atomic E-state index is 0.758. The Labute approximate surface area is 129 Å². The lowest BCUT2D eigenvalue weighted by atomic mass is 10.1. The van der Waals surface area contributed by atoms with Gasteiger partial charge in [0.2, 0.25) is 0 Å². The Bertz CT molecular complexity index is 443. The van der Waals surface area contributed by atoms with E-state index in [1.165, 1.54) is 61.1 Å². The molecular formula is C15H22IN3. The molecule has 1 aromatic carbocycles. The lowest BCUT2D eigenvalue weighted by Gasteiger charge is -2.32. The highest BCUT2D eigenvalue weighted by molar-refractivity contribution is 14.1. The molecule has 19 heavy (non-hydrogen) atoms. The SMILES string of the molecule is Nc1ccc(N2CCC(N3CCCCC3)C2)c(I)c1. The van der Waals surface area contributed by atoms with Gasteiger partial charge in [-0.15, -0.1) is 0 Å². The van der Waals surface area contributed by atoms with E-state index in [2.05, 4.69) is 44.5 Å². The van der Waals surface area contributed by atoms with E-state index >= 15 is 0 Å². The van der Waals surface area contributed by atoms with Crippen LogP contribution >= 0.6 is 22.6 Å². The number of anilines is 2. The van der Waals surface area contributed by atoms with E-state index < -0.39 is 0 Å². The van der Waals surface area contributed by atoms with Crippen LogP contribution in [-0.2, 0) is 0 Å². The Kier molecular flexibility index (Phi) is 4.17. The normalized spacial score (nSPS) is 24.9. The van der Waals surface area contributed by atoms with Gasteiger partial charge >= 0.3 is 0 Å². The summed E-state index contributed by atoms with van der Waals surface area (Å²) in [4.78, 5) is 5.23. The predicted molar refractivity (Wildman–Crippen MR) is 89.6 cm³/mol. The molecule has 3 rings (SSSR count). The van der Waals surface area contributed by atoms with Gasteiger partial charge in [0.1, 0.15) is 0 Å². The van der Waals surface area contributed by atoms with Crippen molar-refractivity contribution in [2.24, 2.45) is 0 Å². The quantitative estimate of drug-likeness (QED) is 0.641. The topological polar surface area (TPSA) is 32.5 Å². The fourth-order valence-electron chi connectivity index (χ4n) is 3.32. The molecule has 2 fully saturated rings. The van der Waals surface area contributed by atoms with E-state index in [1.807, 2.05) is 6.07 Å². The molecular weight excluding hydrogens is 349 g/mol. The molecule has 3 nitrogen and oxygen atoms in total. The van der Waals surface area contributed by atoms with Crippen molar-refractivity contribution in [2.75, 3.05) is 36.8 Å². The summed E-state index contributed by atoms with van der Waals surface area (Å²) in [7, 11) is 0. The van der Waals surface area contributed by atoms with E-state index in [9.17, 15) is 0 Å². The zero-order valence-corrected chi connectivity index (χ0v) is 13.5. The lowest BCUT2D eigenvalue weighted by molar-refractivity contribution is 0.175. The lowest BCUT2D eigenvalue weighted by Crippen LogP contribution is -2.40. The maximum Gasteiger partial charge on any atom is 0.0503 e. The first-order valence-corrected chi connectivity index (χ1v) is 8.36. The third kappa shape index (κ3) is 2.99. The molecule has 2 N–H and O–H groups in total. The van der Waals surface area contributed by atoms with Gasteiger partial charge in [-0.25, -0.2) is 0 Å². The molecule has 1 unspecified atom stereocenters. The summed E-state index contributed by atoms with van der Waals surface area (Å²) in [5.41, 5.74) is 8.06. The molecule has 0 aromatic heterocycles. The number of nitrogens with two attached hydrogens (primary N) is 1. The van der Waals surface area contributed by atoms with Crippen LogP contribution in [0.2, 0.25) is 0 Å². The molecule has 2 aliphatic heterocycles. The van der Waals surface area contributed by atoms with E-state index in [-0.39, 0.29) is 0 Å². The third-order valence-corrected chi connectivity index (χ3v) is 5.25. The maximum atomic E-state index is 5.84. The minimum Gasteiger partial charge on any atom is -0.399 e. The highest BCUT2D eigenvalue weighted by Gasteiger charge is 2.29. The molecule has 0 saturated carbocycles. The number of rotatable bonds is 2. The van der Waals surface area contributed by atoms with Crippen molar-refractivity contribution < 1.29 is 0 Å². The van der Waals surface area contributed by atoms with Crippen LogP contribution in [0.25, 0.3) is 0 Å². The monoisotopic (exact) mass is 371 g/mol. The van der Waals surface area contributed by atoms with Crippen LogP contribution in [0, 0.1) is 3.57 Å². The number of nitrogens with zero attached hydrogens (tertiary/aromatic N) is 2. The van der Waals surface area contributed by atoms with Crippen molar-refractivity contribution in [1.29, 1.82) is 0 Å². The molecule has 104 valence electrons. The Hall–Kier alpha value is -0.490. The first kappa shape index (κ1) is 13.5. The third-order valence-electron chi connectivity index (χ3n) is 4.38. The van der Waals surface area contributed by atoms with Crippen molar-refractivity contribution >= 4 is 34.0 Å². The average Bonchev–Trinajstić information content (AvgIpc) is 2.89. The number of nitrogen functional groups attached to an aromatic ring is 1. The molecule has 0 amide bonds. The van der Waals surface area contributed by atoms with Gasteiger partial charge in [0.15, 0.2) is 0 Å². The Morgan fingerprint density at radius 3 is 2.63 bits per heavy atom. The van der Waals surface area contributed by atoms with Gasteiger partial charge < -0.3 is 10.6 Å². The Balaban J connectivity index is 1.67. The number of hydrogen-bond donors (Lipinski definition) is 1. The van der Waals surface area contributed by atoms with E-state index in [1.54, 1.807) is 0 Å². The molecule has 2 heterocycles. The summed E-state index contributed by atoms with van der Waals surface area (Å²) in [6, 6.07) is 7.03. The second kappa shape index (κ2) is 5.87. The summed E-state index contributed by atoms with van der Waals surface area (Å²) in [6.45, 7) is 4.97. The first-order valence-electron chi connectivity index (χ1n) is 7.28. The highest BCUT2D eigenvalue weighted by Crippen LogP contribution is 2.29. The van der Waals surface area contributed by atoms with Crippen LogP contribution < -0.4 is 10.6 Å². The zero-order valence-electron chi connectivity index (χ0n) is 11.3. The number of halogens is 1. The van der Waals surface area contributed by atoms with Crippen LogP contribution in [0.15, 0.2) is 18.2 Å². The van der Waals surface area contributed by atoms with Crippen molar-refractivity contribution in [3.63, 3.8) is 0 Å². The molecule has 0 spiro atoms. The van der Waals surface area contributed by atoms with E-state index in [0.29, 0.717) is 0 Å². The standard InChI is InChI=1S/C15H22IN3/c16-14-10-12(17)4-5-15(14)19-9-6-13(11-19)18-7-2-1-3-8-18/h4-5,10,13H,1-3,6-9,11,17H2. The predicted octanol–water partition coefficient (Wildman–Crippen LogP) is 2.94. The van der Waals surface area contributed by atoms with Crippen LogP contribution in [0.4, 0.5) is 11.4 Å². The Morgan fingerprint density at radius 1 is 1.11 bits per heavy atom. The molecule has 0 aliphatic carbocycles. The fraction of sp³-hybridized carbons (Fsp3) is 0.600. The van der Waals surface area contributed by atoms with Crippen LogP contribution in [-0.4, -0.2) is 37.1 Å². The fourth-order valence-corrected chi connectivity index (χ4v) is 4.20. The van der Waals surface area contributed by atoms with Crippen LogP contribution in [0.5, 0.6) is 0 Å². The smallest absolute Gasteiger partial charge is 0.0503 e. The molecule has 0 radical (unpaired) electrons. The van der Waals surface area contributed by atoms with Crippen LogP contribution in [0.1, 0.15) is 25.7 Å². The van der Waals surface area contributed by atoms with Gasteiger partial charge in [0, 0.05) is 28.4 Å². The minimum absolute atomic E-state index is 0.758. The summed E-state index contributed by atoms with van der Waals surface area (Å²) in [6.07, 6.45) is 5.50. The zero-order chi connectivity index (χ0) is 13.2. The Morgan fingerprint density at radius 2 is 1.89 bits per heavy atom. The van der Waals surface area contributed by atoms with Gasteiger partial charge in [0.25, 0.3) is 0 Å². The molecule has 2 aliphatic rings. The van der Waals surface area contributed by atoms with Crippen molar-refractivity contribution in [2.45, 2.75) is 31.7 Å². The average molecular weight is 371 g/mol. The molecule has 4 heteroatoms. The molecule has 2 saturated heterocycles. The number of piperidine rings is 1. The van der Waals surface area contributed by atoms with Gasteiger partial charge in [-0.05, 0) is 73.1 Å². The molecule has 1 atom stereocenters. The second-order valence-electron chi connectivity index (χ2n) is 5.70. The van der Waals surface area contributed by atoms with Gasteiger partial charge in [-0.1, -0.05) is 6.42 Å². The molecule has 1 aromatic rings. The highest BCUT2D eigenvalue weighted by atomic mass is 127. The largest absolute Gasteiger partial charge is 0.399 e. The number of hydrogen-bond acceptors (Lipinski definition) is 3. The maximum absolute atomic E-state index is 5.84. The second-order valence-corrected chi connectivity index (χ2v) is 6.86. The van der Waals surface area contributed by atoms with Crippen molar-refractivity contribution in [1.82, 2.24) is 4.90 Å². The first-order chi connectivity index (χ1) is 9.24. The number of benzene rings is 1. The summed E-state index contributed by atoms with van der Waals surface area (Å²) >= 11 is 2.40. The summed E-state index contributed by atoms with van der Waals surface area (Å²) in [5.74, 6) is 0. The van der Waals surface area contributed by atoms with Gasteiger partial charge in [-0.2, -0.15) is 0 Å². The number of likely N-dealkylation sites (tertiary alicyclic amines) is 1. The summed E-state index contributed by atoms with van der Waals surface area (Å²) in [5, 5.41) is 0.